The molecule has 0 saturated carbocycles. The lowest BCUT2D eigenvalue weighted by Gasteiger charge is -2.07. The number of hydrogen-bond donors (Lipinski definition) is 1. The van der Waals surface area contributed by atoms with Gasteiger partial charge in [-0.3, -0.25) is 4.79 Å². The normalized spacial score (nSPS) is 11.1. The smallest absolute Gasteiger partial charge is 0.302 e. The van der Waals surface area contributed by atoms with Crippen LogP contribution >= 0.6 is 0 Å². The summed E-state index contributed by atoms with van der Waals surface area (Å²) in [4.78, 5) is 10.9. The van der Waals surface area contributed by atoms with Gasteiger partial charge in [-0.05, 0) is 24.3 Å². The third-order valence-electron chi connectivity index (χ3n) is 3.42. The molecule has 3 aromatic rings. The fraction of sp³-hybridized carbons (Fsp3) is 0.188. The Morgan fingerprint density at radius 2 is 1.90 bits per heavy atom. The number of fused-ring (bicyclic) bond motifs is 3. The number of anilines is 1. The number of carbonyl (C=O) groups is 1. The lowest BCUT2D eigenvalue weighted by molar-refractivity contribution is -0.141. The molecule has 4 nitrogen and oxygen atoms in total. The van der Waals surface area contributed by atoms with Gasteiger partial charge in [-0.2, -0.15) is 0 Å². The molecule has 1 heterocycles. The Morgan fingerprint density at radius 1 is 1.15 bits per heavy atom. The first-order valence-electron chi connectivity index (χ1n) is 6.56. The number of esters is 1. The van der Waals surface area contributed by atoms with Gasteiger partial charge in [0.1, 0.15) is 6.61 Å². The quantitative estimate of drug-likeness (QED) is 0.587. The van der Waals surface area contributed by atoms with Gasteiger partial charge < -0.3 is 15.0 Å². The number of nitrogen functional groups attached to an aromatic ring is 1. The molecule has 4 heteroatoms. The molecule has 0 aliphatic carbocycles. The van der Waals surface area contributed by atoms with Gasteiger partial charge in [-0.25, -0.2) is 0 Å². The van der Waals surface area contributed by atoms with Gasteiger partial charge >= 0.3 is 5.97 Å². The molecular weight excluding hydrogens is 252 g/mol. The van der Waals surface area contributed by atoms with E-state index in [2.05, 4.69) is 16.7 Å². The number of carbonyl (C=O) groups excluding carboxylic acids is 1. The van der Waals surface area contributed by atoms with Crippen LogP contribution in [-0.4, -0.2) is 17.1 Å². The molecule has 102 valence electrons. The van der Waals surface area contributed by atoms with Gasteiger partial charge in [-0.1, -0.05) is 18.2 Å². The molecule has 0 unspecified atom stereocenters. The van der Waals surface area contributed by atoms with Gasteiger partial charge in [0.05, 0.1) is 6.54 Å². The maximum atomic E-state index is 10.9. The Hall–Kier alpha value is -2.49. The maximum absolute atomic E-state index is 10.9. The van der Waals surface area contributed by atoms with E-state index in [9.17, 15) is 4.79 Å². The second kappa shape index (κ2) is 4.89. The number of benzene rings is 2. The van der Waals surface area contributed by atoms with Gasteiger partial charge in [0, 0.05) is 34.4 Å². The monoisotopic (exact) mass is 268 g/mol. The van der Waals surface area contributed by atoms with Gasteiger partial charge in [0.2, 0.25) is 0 Å². The lowest BCUT2D eigenvalue weighted by Crippen LogP contribution is -2.08. The minimum atomic E-state index is -0.255. The Labute approximate surface area is 116 Å². The topological polar surface area (TPSA) is 57.2 Å². The second-order valence-corrected chi connectivity index (χ2v) is 4.79. The van der Waals surface area contributed by atoms with Gasteiger partial charge in [-0.15, -0.1) is 0 Å². The third-order valence-corrected chi connectivity index (χ3v) is 3.42. The molecular formula is C16H16N2O2. The van der Waals surface area contributed by atoms with E-state index in [1.54, 1.807) is 0 Å². The van der Waals surface area contributed by atoms with Crippen LogP contribution in [-0.2, 0) is 16.1 Å². The van der Waals surface area contributed by atoms with Crippen LogP contribution in [0, 0.1) is 0 Å². The van der Waals surface area contributed by atoms with Crippen LogP contribution in [0.3, 0.4) is 0 Å². The van der Waals surface area contributed by atoms with E-state index in [0.717, 1.165) is 27.5 Å². The van der Waals surface area contributed by atoms with Crippen molar-refractivity contribution in [2.24, 2.45) is 0 Å². The van der Waals surface area contributed by atoms with E-state index in [1.165, 1.54) is 6.92 Å². The molecule has 0 bridgehead atoms. The van der Waals surface area contributed by atoms with E-state index in [-0.39, 0.29) is 5.97 Å². The number of aromatic nitrogens is 1. The van der Waals surface area contributed by atoms with Crippen LogP contribution in [0.25, 0.3) is 21.8 Å². The van der Waals surface area contributed by atoms with Crippen molar-refractivity contribution in [1.82, 2.24) is 4.57 Å². The van der Waals surface area contributed by atoms with Crippen molar-refractivity contribution in [2.75, 3.05) is 12.3 Å². The molecule has 0 spiro atoms. The van der Waals surface area contributed by atoms with Gasteiger partial charge in [0.15, 0.2) is 0 Å². The summed E-state index contributed by atoms with van der Waals surface area (Å²) < 4.78 is 7.21. The number of ether oxygens (including phenoxy) is 1. The first-order valence-corrected chi connectivity index (χ1v) is 6.56. The highest BCUT2D eigenvalue weighted by Gasteiger charge is 2.10. The van der Waals surface area contributed by atoms with Crippen molar-refractivity contribution in [3.63, 3.8) is 0 Å². The predicted octanol–water partition coefficient (Wildman–Crippen LogP) is 2.94. The maximum Gasteiger partial charge on any atom is 0.302 e. The first kappa shape index (κ1) is 12.5. The van der Waals surface area contributed by atoms with Crippen LogP contribution in [0.1, 0.15) is 6.92 Å². The lowest BCUT2D eigenvalue weighted by atomic mass is 10.1. The molecule has 1 aromatic heterocycles. The Bertz CT molecular complexity index is 790. The van der Waals surface area contributed by atoms with Crippen LogP contribution in [0.15, 0.2) is 42.5 Å². The van der Waals surface area contributed by atoms with Crippen molar-refractivity contribution in [3.05, 3.63) is 42.5 Å². The zero-order valence-electron chi connectivity index (χ0n) is 11.3. The van der Waals surface area contributed by atoms with Crippen LogP contribution < -0.4 is 5.73 Å². The van der Waals surface area contributed by atoms with Crippen molar-refractivity contribution in [3.8, 4) is 0 Å². The van der Waals surface area contributed by atoms with Crippen molar-refractivity contribution >= 4 is 33.5 Å². The van der Waals surface area contributed by atoms with Crippen LogP contribution in [0.5, 0.6) is 0 Å². The standard InChI is InChI=1S/C16H16N2O2/c1-11(19)20-9-8-18-15-5-3-2-4-13(15)14-10-12(17)6-7-16(14)18/h2-7,10H,8-9,17H2,1H3. The summed E-state index contributed by atoms with van der Waals surface area (Å²) in [6.45, 7) is 2.42. The number of hydrogen-bond acceptors (Lipinski definition) is 3. The fourth-order valence-corrected chi connectivity index (χ4v) is 2.59. The molecule has 0 saturated heterocycles. The van der Waals surface area contributed by atoms with E-state index < -0.39 is 0 Å². The molecule has 20 heavy (non-hydrogen) atoms. The molecule has 0 atom stereocenters. The SMILES string of the molecule is CC(=O)OCCn1c2ccccc2c2cc(N)ccc21. The molecule has 0 radical (unpaired) electrons. The molecule has 0 aliphatic rings. The van der Waals surface area contributed by atoms with Crippen LogP contribution in [0.4, 0.5) is 5.69 Å². The zero-order chi connectivity index (χ0) is 14.1. The van der Waals surface area contributed by atoms with E-state index in [1.807, 2.05) is 30.3 Å². The second-order valence-electron chi connectivity index (χ2n) is 4.79. The summed E-state index contributed by atoms with van der Waals surface area (Å²) in [5.41, 5.74) is 8.87. The van der Waals surface area contributed by atoms with E-state index >= 15 is 0 Å². The molecule has 3 rings (SSSR count). The molecule has 0 amide bonds. The Morgan fingerprint density at radius 3 is 2.70 bits per heavy atom. The summed E-state index contributed by atoms with van der Waals surface area (Å²) in [6.07, 6.45) is 0. The van der Waals surface area contributed by atoms with Crippen LogP contribution in [0.2, 0.25) is 0 Å². The van der Waals surface area contributed by atoms with Crippen molar-refractivity contribution in [1.29, 1.82) is 0 Å². The molecule has 2 N–H and O–H groups in total. The summed E-state index contributed by atoms with van der Waals surface area (Å²) in [6, 6.07) is 14.1. The summed E-state index contributed by atoms with van der Waals surface area (Å²) in [5, 5.41) is 2.29. The summed E-state index contributed by atoms with van der Waals surface area (Å²) in [7, 11) is 0. The average molecular weight is 268 g/mol. The van der Waals surface area contributed by atoms with Crippen molar-refractivity contribution < 1.29 is 9.53 Å². The van der Waals surface area contributed by atoms with E-state index in [4.69, 9.17) is 10.5 Å². The molecule has 0 aliphatic heterocycles. The minimum Gasteiger partial charge on any atom is -0.464 e. The average Bonchev–Trinajstić information content (AvgIpc) is 2.73. The number of nitrogens with zero attached hydrogens (tertiary/aromatic N) is 1. The zero-order valence-corrected chi connectivity index (χ0v) is 11.3. The van der Waals surface area contributed by atoms with Gasteiger partial charge in [0.25, 0.3) is 0 Å². The largest absolute Gasteiger partial charge is 0.464 e. The summed E-state index contributed by atoms with van der Waals surface area (Å²) >= 11 is 0. The highest BCUT2D eigenvalue weighted by Crippen LogP contribution is 2.30. The first-order chi connectivity index (χ1) is 9.66. The van der Waals surface area contributed by atoms with E-state index in [0.29, 0.717) is 13.2 Å². The predicted molar refractivity (Wildman–Crippen MR) is 80.5 cm³/mol. The summed E-state index contributed by atoms with van der Waals surface area (Å²) in [5.74, 6) is -0.255. The highest BCUT2D eigenvalue weighted by molar-refractivity contribution is 6.08. The third kappa shape index (κ3) is 2.09. The van der Waals surface area contributed by atoms with Crippen molar-refractivity contribution in [2.45, 2.75) is 13.5 Å². The fourth-order valence-electron chi connectivity index (χ4n) is 2.59. The Balaban J connectivity index is 2.14. The number of nitrogens with two attached hydrogens (primary N) is 1. The minimum absolute atomic E-state index is 0.255. The number of rotatable bonds is 3. The Kier molecular flexibility index (Phi) is 3.06. The molecule has 2 aromatic carbocycles. The number of para-hydroxylation sites is 1. The molecule has 0 fully saturated rings. The highest BCUT2D eigenvalue weighted by atomic mass is 16.5.